The maximum absolute atomic E-state index is 12.5. The largest absolute Gasteiger partial charge is 0.550 e. The summed E-state index contributed by atoms with van der Waals surface area (Å²) >= 11 is 0. The molecule has 0 fully saturated rings. The molecule has 3 aromatic carbocycles. The van der Waals surface area contributed by atoms with Crippen LogP contribution in [-0.4, -0.2) is 17.2 Å². The van der Waals surface area contributed by atoms with E-state index in [4.69, 9.17) is 9.26 Å². The number of carboxylic acids is 1. The number of hydrogen-bond donors (Lipinski definition) is 2. The standard InChI is InChI=1S/C27H24N2O5.H3N/c1-17-25(28-27(32)33-18(2)20-6-4-3-5-7-20)26(34-29-17)23-14-12-22(13-15-23)21-10-8-19(9-11-21)16-24(30)31;/h3-15,18H,16H2,1-2H3,(H,28,32)(H,30,31);1H3/t18-;/m1./s1. The number of anilines is 1. The lowest BCUT2D eigenvalue weighted by Gasteiger charge is -2.14. The number of nitrogens with zero attached hydrogens (tertiary/aromatic N) is 1. The SMILES string of the molecule is Cc1noc(-c2ccc(-c3ccc(CC(=O)[O-])cc3)cc2)c1NC(=O)O[C@H](C)c1ccccc1.[NH4+]. The molecule has 35 heavy (non-hydrogen) atoms. The molecule has 0 aliphatic heterocycles. The Morgan fingerprint density at radius 2 is 1.51 bits per heavy atom. The van der Waals surface area contributed by atoms with Crippen LogP contribution in [0.25, 0.3) is 22.5 Å². The van der Waals surface area contributed by atoms with Crippen LogP contribution >= 0.6 is 0 Å². The van der Waals surface area contributed by atoms with Crippen molar-refractivity contribution in [2.75, 3.05) is 5.32 Å². The van der Waals surface area contributed by atoms with Gasteiger partial charge in [0.2, 0.25) is 0 Å². The number of nitrogens with one attached hydrogen (secondary N) is 1. The van der Waals surface area contributed by atoms with E-state index in [0.717, 1.165) is 22.3 Å². The molecule has 1 amide bonds. The third-order valence-electron chi connectivity index (χ3n) is 5.43. The van der Waals surface area contributed by atoms with Gasteiger partial charge in [0.1, 0.15) is 17.5 Å². The Balaban J connectivity index is 0.00000342. The first-order valence-corrected chi connectivity index (χ1v) is 10.8. The topological polar surface area (TPSA) is 141 Å². The van der Waals surface area contributed by atoms with E-state index in [1.807, 2.05) is 66.7 Å². The van der Waals surface area contributed by atoms with E-state index in [0.29, 0.717) is 22.7 Å². The summed E-state index contributed by atoms with van der Waals surface area (Å²) in [6.07, 6.45) is -1.13. The Morgan fingerprint density at radius 1 is 0.943 bits per heavy atom. The smallest absolute Gasteiger partial charge is 0.412 e. The van der Waals surface area contributed by atoms with Gasteiger partial charge in [-0.1, -0.05) is 84.0 Å². The molecule has 0 radical (unpaired) electrons. The van der Waals surface area contributed by atoms with Gasteiger partial charge in [0, 0.05) is 18.0 Å². The molecule has 4 rings (SSSR count). The zero-order valence-electron chi connectivity index (χ0n) is 19.8. The maximum atomic E-state index is 12.5. The average molecular weight is 474 g/mol. The molecule has 0 aliphatic rings. The number of aromatic nitrogens is 1. The van der Waals surface area contributed by atoms with Crippen LogP contribution in [-0.2, 0) is 16.0 Å². The van der Waals surface area contributed by atoms with Crippen LogP contribution in [0.3, 0.4) is 0 Å². The number of rotatable bonds is 7. The molecular formula is C27H27N3O5. The molecule has 0 spiro atoms. The molecule has 5 N–H and O–H groups in total. The van der Waals surface area contributed by atoms with E-state index in [9.17, 15) is 14.7 Å². The van der Waals surface area contributed by atoms with Crippen LogP contribution in [0.1, 0.15) is 29.8 Å². The van der Waals surface area contributed by atoms with Gasteiger partial charge in [0.05, 0.1) is 0 Å². The zero-order valence-corrected chi connectivity index (χ0v) is 19.8. The van der Waals surface area contributed by atoms with Crippen molar-refractivity contribution >= 4 is 17.7 Å². The van der Waals surface area contributed by atoms with E-state index < -0.39 is 18.2 Å². The first-order valence-electron chi connectivity index (χ1n) is 10.8. The third kappa shape index (κ3) is 6.13. The number of carboxylic acid groups (broad SMARTS) is 1. The second-order valence-electron chi connectivity index (χ2n) is 7.88. The molecule has 0 saturated carbocycles. The van der Waals surface area contributed by atoms with Crippen molar-refractivity contribution in [3.8, 4) is 22.5 Å². The lowest BCUT2D eigenvalue weighted by Crippen LogP contribution is -2.24. The molecule has 0 bridgehead atoms. The summed E-state index contributed by atoms with van der Waals surface area (Å²) in [6.45, 7) is 3.55. The Morgan fingerprint density at radius 3 is 2.11 bits per heavy atom. The van der Waals surface area contributed by atoms with E-state index in [1.165, 1.54) is 0 Å². The summed E-state index contributed by atoms with van der Waals surface area (Å²) in [5.74, 6) is -0.681. The van der Waals surface area contributed by atoms with Crippen molar-refractivity contribution in [3.05, 3.63) is 95.7 Å². The van der Waals surface area contributed by atoms with E-state index in [1.54, 1.807) is 26.0 Å². The van der Waals surface area contributed by atoms with Crippen LogP contribution in [0, 0.1) is 6.92 Å². The highest BCUT2D eigenvalue weighted by atomic mass is 16.6. The van der Waals surface area contributed by atoms with Crippen LogP contribution in [0.2, 0.25) is 0 Å². The van der Waals surface area contributed by atoms with Crippen molar-refractivity contribution in [1.82, 2.24) is 11.3 Å². The summed E-state index contributed by atoms with van der Waals surface area (Å²) in [6, 6.07) is 24.3. The highest BCUT2D eigenvalue weighted by Crippen LogP contribution is 2.33. The van der Waals surface area contributed by atoms with Crippen molar-refractivity contribution in [3.63, 3.8) is 0 Å². The van der Waals surface area contributed by atoms with E-state index in [-0.39, 0.29) is 12.6 Å². The monoisotopic (exact) mass is 473 g/mol. The van der Waals surface area contributed by atoms with Gasteiger partial charge in [0.25, 0.3) is 0 Å². The van der Waals surface area contributed by atoms with Gasteiger partial charge < -0.3 is 25.3 Å². The molecule has 0 saturated heterocycles. The Hall–Kier alpha value is -4.43. The molecule has 1 aromatic heterocycles. The van der Waals surface area contributed by atoms with Gasteiger partial charge in [-0.2, -0.15) is 0 Å². The number of quaternary nitrogens is 1. The summed E-state index contributed by atoms with van der Waals surface area (Å²) < 4.78 is 11.0. The van der Waals surface area contributed by atoms with Crippen LogP contribution in [0.5, 0.6) is 0 Å². The van der Waals surface area contributed by atoms with Crippen LogP contribution < -0.4 is 16.6 Å². The van der Waals surface area contributed by atoms with Gasteiger partial charge in [-0.05, 0) is 36.1 Å². The van der Waals surface area contributed by atoms with Gasteiger partial charge in [-0.15, -0.1) is 0 Å². The molecule has 1 atom stereocenters. The lowest BCUT2D eigenvalue weighted by molar-refractivity contribution is -0.304. The molecule has 4 aromatic rings. The fraction of sp³-hybridized carbons (Fsp3) is 0.148. The second-order valence-corrected chi connectivity index (χ2v) is 7.88. The van der Waals surface area contributed by atoms with Crippen molar-refractivity contribution in [1.29, 1.82) is 0 Å². The quantitative estimate of drug-likeness (QED) is 0.373. The average Bonchev–Trinajstić information content (AvgIpc) is 3.19. The molecule has 8 heteroatoms. The van der Waals surface area contributed by atoms with Crippen molar-refractivity contribution in [2.24, 2.45) is 0 Å². The number of aryl methyl sites for hydroxylation is 1. The first-order chi connectivity index (χ1) is 16.4. The minimum Gasteiger partial charge on any atom is -0.550 e. The number of carbonyl (C=O) groups excluding carboxylic acids is 2. The number of hydrogen-bond acceptors (Lipinski definition) is 6. The summed E-state index contributed by atoms with van der Waals surface area (Å²) in [5, 5.41) is 17.5. The highest BCUT2D eigenvalue weighted by Gasteiger charge is 2.20. The normalized spacial score (nSPS) is 11.3. The summed E-state index contributed by atoms with van der Waals surface area (Å²) in [4.78, 5) is 23.3. The number of ether oxygens (including phenoxy) is 1. The third-order valence-corrected chi connectivity index (χ3v) is 5.43. The fourth-order valence-corrected chi connectivity index (χ4v) is 3.59. The van der Waals surface area contributed by atoms with Gasteiger partial charge >= 0.3 is 6.09 Å². The lowest BCUT2D eigenvalue weighted by atomic mass is 10.0. The predicted molar refractivity (Wildman–Crippen MR) is 132 cm³/mol. The molecule has 180 valence electrons. The second kappa shape index (κ2) is 11.1. The maximum Gasteiger partial charge on any atom is 0.412 e. The van der Waals surface area contributed by atoms with Gasteiger partial charge in [0.15, 0.2) is 5.76 Å². The van der Waals surface area contributed by atoms with Gasteiger partial charge in [-0.3, -0.25) is 5.32 Å². The first kappa shape index (κ1) is 25.2. The number of benzene rings is 3. The van der Waals surface area contributed by atoms with E-state index >= 15 is 0 Å². The predicted octanol–water partition coefficient (Wildman–Crippen LogP) is 5.30. The molecular weight excluding hydrogens is 446 g/mol. The molecule has 0 aliphatic carbocycles. The Bertz CT molecular complexity index is 1280. The van der Waals surface area contributed by atoms with Gasteiger partial charge in [-0.25, -0.2) is 4.79 Å². The van der Waals surface area contributed by atoms with E-state index in [2.05, 4.69) is 10.5 Å². The fourth-order valence-electron chi connectivity index (χ4n) is 3.59. The number of carbonyl (C=O) groups is 2. The molecule has 1 heterocycles. The van der Waals surface area contributed by atoms with Crippen molar-refractivity contribution in [2.45, 2.75) is 26.4 Å². The Labute approximate surface area is 203 Å². The number of aliphatic carboxylic acids is 1. The van der Waals surface area contributed by atoms with Crippen LogP contribution in [0.4, 0.5) is 10.5 Å². The van der Waals surface area contributed by atoms with Crippen molar-refractivity contribution < 1.29 is 24.0 Å². The molecule has 0 unspecified atom stereocenters. The Kier molecular flexibility index (Phi) is 8.01. The summed E-state index contributed by atoms with van der Waals surface area (Å²) in [5.41, 5.74) is 5.19. The minimum atomic E-state index is -1.11. The number of amides is 1. The molecule has 8 nitrogen and oxygen atoms in total. The van der Waals surface area contributed by atoms with Crippen LogP contribution in [0.15, 0.2) is 83.4 Å². The summed E-state index contributed by atoms with van der Waals surface area (Å²) in [7, 11) is 0. The zero-order chi connectivity index (χ0) is 24.1. The minimum absolute atomic E-state index is 0. The highest BCUT2D eigenvalue weighted by molar-refractivity contribution is 5.91.